The van der Waals surface area contributed by atoms with Gasteiger partial charge in [0.2, 0.25) is 0 Å². The average Bonchev–Trinajstić information content (AvgIpc) is 3.39. The number of aryl methyl sites for hydroxylation is 2. The molecule has 158 valence electrons. The quantitative estimate of drug-likeness (QED) is 0.358. The predicted molar refractivity (Wildman–Crippen MR) is 121 cm³/mol. The van der Waals surface area contributed by atoms with Crippen molar-refractivity contribution in [3.05, 3.63) is 82.8 Å². The van der Waals surface area contributed by atoms with Crippen LogP contribution in [-0.2, 0) is 19.3 Å². The van der Waals surface area contributed by atoms with Crippen LogP contribution in [0.2, 0.25) is 0 Å². The lowest BCUT2D eigenvalue weighted by atomic mass is 10.1. The van der Waals surface area contributed by atoms with Gasteiger partial charge in [0.1, 0.15) is 5.69 Å². The standard InChI is InChI=1S/C25H24F2N4/c1-15-4-2-5-18-16(14-30-24(15)18)8-10-29-25-20(26)12-17(13-21(25)27)31-23-9-11-28-22-7-3-6-19(22)23/h2,4-5,9,11-14,29-30H,3,6-8,10H2,1H3,(H,28,31). The Hall–Kier alpha value is -3.41. The van der Waals surface area contributed by atoms with Gasteiger partial charge in [-0.1, -0.05) is 18.2 Å². The highest BCUT2D eigenvalue weighted by Crippen LogP contribution is 2.31. The molecule has 0 aliphatic heterocycles. The minimum atomic E-state index is -0.608. The van der Waals surface area contributed by atoms with Gasteiger partial charge in [0.05, 0.1) is 0 Å². The molecule has 0 radical (unpaired) electrons. The number of hydrogen-bond acceptors (Lipinski definition) is 3. The molecule has 4 aromatic rings. The summed E-state index contributed by atoms with van der Waals surface area (Å²) in [5.41, 5.74) is 6.78. The molecular formula is C25H24F2N4. The fraction of sp³-hybridized carbons (Fsp3) is 0.240. The van der Waals surface area contributed by atoms with Crippen molar-refractivity contribution in [3.63, 3.8) is 0 Å². The minimum absolute atomic E-state index is 0.0958. The van der Waals surface area contributed by atoms with Gasteiger partial charge in [-0.25, -0.2) is 8.78 Å². The van der Waals surface area contributed by atoms with Crippen LogP contribution in [0.25, 0.3) is 10.9 Å². The van der Waals surface area contributed by atoms with Gasteiger partial charge in [-0.2, -0.15) is 0 Å². The number of para-hydroxylation sites is 1. The highest BCUT2D eigenvalue weighted by molar-refractivity contribution is 5.85. The number of benzene rings is 2. The van der Waals surface area contributed by atoms with Crippen LogP contribution in [0.15, 0.2) is 48.8 Å². The van der Waals surface area contributed by atoms with Crippen LogP contribution in [-0.4, -0.2) is 16.5 Å². The first-order chi connectivity index (χ1) is 15.1. The monoisotopic (exact) mass is 418 g/mol. The molecule has 1 aliphatic carbocycles. The number of rotatable bonds is 6. The van der Waals surface area contributed by atoms with Crippen LogP contribution >= 0.6 is 0 Å². The third-order valence-electron chi connectivity index (χ3n) is 6.01. The van der Waals surface area contributed by atoms with Gasteiger partial charge in [0.15, 0.2) is 11.6 Å². The second-order valence-electron chi connectivity index (χ2n) is 8.07. The normalized spacial score (nSPS) is 12.9. The molecule has 0 amide bonds. The lowest BCUT2D eigenvalue weighted by molar-refractivity contribution is 0.589. The Bertz CT molecular complexity index is 1240. The van der Waals surface area contributed by atoms with E-state index in [0.29, 0.717) is 18.7 Å². The molecule has 0 bridgehead atoms. The molecule has 31 heavy (non-hydrogen) atoms. The average molecular weight is 418 g/mol. The summed E-state index contributed by atoms with van der Waals surface area (Å²) >= 11 is 0. The third-order valence-corrected chi connectivity index (χ3v) is 6.01. The van der Waals surface area contributed by atoms with Crippen molar-refractivity contribution >= 4 is 28.0 Å². The number of hydrogen-bond donors (Lipinski definition) is 3. The summed E-state index contributed by atoms with van der Waals surface area (Å²) in [4.78, 5) is 7.68. The van der Waals surface area contributed by atoms with E-state index in [0.717, 1.165) is 52.7 Å². The molecule has 4 nitrogen and oxygen atoms in total. The number of aromatic nitrogens is 2. The van der Waals surface area contributed by atoms with Crippen molar-refractivity contribution in [2.24, 2.45) is 0 Å². The smallest absolute Gasteiger partial charge is 0.151 e. The zero-order valence-corrected chi connectivity index (χ0v) is 17.4. The zero-order chi connectivity index (χ0) is 21.4. The van der Waals surface area contributed by atoms with E-state index in [1.165, 1.54) is 17.7 Å². The van der Waals surface area contributed by atoms with Crippen molar-refractivity contribution in [1.82, 2.24) is 9.97 Å². The molecule has 2 aromatic heterocycles. The maximum Gasteiger partial charge on any atom is 0.151 e. The second kappa shape index (κ2) is 8.02. The van der Waals surface area contributed by atoms with E-state index < -0.39 is 11.6 Å². The largest absolute Gasteiger partial charge is 0.380 e. The van der Waals surface area contributed by atoms with E-state index in [-0.39, 0.29) is 5.69 Å². The fourth-order valence-electron chi connectivity index (χ4n) is 4.44. The topological polar surface area (TPSA) is 52.7 Å². The molecule has 1 aliphatic rings. The van der Waals surface area contributed by atoms with E-state index in [2.05, 4.69) is 39.7 Å². The maximum atomic E-state index is 14.7. The fourth-order valence-corrected chi connectivity index (χ4v) is 4.44. The molecule has 0 unspecified atom stereocenters. The molecule has 0 spiro atoms. The Morgan fingerprint density at radius 3 is 2.77 bits per heavy atom. The number of nitrogens with one attached hydrogen (secondary N) is 3. The van der Waals surface area contributed by atoms with Crippen LogP contribution in [0.4, 0.5) is 25.8 Å². The van der Waals surface area contributed by atoms with Crippen LogP contribution in [0.3, 0.4) is 0 Å². The molecule has 0 fully saturated rings. The van der Waals surface area contributed by atoms with Crippen LogP contribution in [0.5, 0.6) is 0 Å². The van der Waals surface area contributed by atoms with Gasteiger partial charge in [-0.15, -0.1) is 0 Å². The van der Waals surface area contributed by atoms with Gasteiger partial charge in [0, 0.05) is 46.9 Å². The molecular weight excluding hydrogens is 394 g/mol. The Balaban J connectivity index is 1.29. The summed E-state index contributed by atoms with van der Waals surface area (Å²) in [5, 5.41) is 7.24. The van der Waals surface area contributed by atoms with Crippen LogP contribution < -0.4 is 10.6 Å². The molecule has 6 heteroatoms. The Labute approximate surface area is 179 Å². The number of aromatic amines is 1. The van der Waals surface area contributed by atoms with E-state index in [4.69, 9.17) is 0 Å². The molecule has 2 aromatic carbocycles. The number of halogens is 2. The number of pyridine rings is 1. The van der Waals surface area contributed by atoms with Crippen molar-refractivity contribution in [3.8, 4) is 0 Å². The summed E-state index contributed by atoms with van der Waals surface area (Å²) in [7, 11) is 0. The van der Waals surface area contributed by atoms with Gasteiger partial charge in [-0.05, 0) is 67.5 Å². The number of fused-ring (bicyclic) bond motifs is 2. The van der Waals surface area contributed by atoms with Crippen molar-refractivity contribution in [1.29, 1.82) is 0 Å². The lowest BCUT2D eigenvalue weighted by Gasteiger charge is -2.14. The zero-order valence-electron chi connectivity index (χ0n) is 17.4. The first-order valence-corrected chi connectivity index (χ1v) is 10.6. The molecule has 3 N–H and O–H groups in total. The summed E-state index contributed by atoms with van der Waals surface area (Å²) in [6.45, 7) is 2.49. The van der Waals surface area contributed by atoms with E-state index >= 15 is 0 Å². The van der Waals surface area contributed by atoms with Gasteiger partial charge < -0.3 is 15.6 Å². The minimum Gasteiger partial charge on any atom is -0.380 e. The van der Waals surface area contributed by atoms with Gasteiger partial charge in [0.25, 0.3) is 0 Å². The van der Waals surface area contributed by atoms with Crippen molar-refractivity contribution in [2.45, 2.75) is 32.6 Å². The predicted octanol–water partition coefficient (Wildman–Crippen LogP) is 6.04. The molecule has 5 rings (SSSR count). The summed E-state index contributed by atoms with van der Waals surface area (Å²) in [6, 6.07) is 10.7. The Morgan fingerprint density at radius 1 is 1.10 bits per heavy atom. The Morgan fingerprint density at radius 2 is 1.94 bits per heavy atom. The lowest BCUT2D eigenvalue weighted by Crippen LogP contribution is -2.09. The third kappa shape index (κ3) is 3.74. The van der Waals surface area contributed by atoms with Crippen molar-refractivity contribution < 1.29 is 8.78 Å². The maximum absolute atomic E-state index is 14.7. The summed E-state index contributed by atoms with van der Waals surface area (Å²) in [5.74, 6) is -1.22. The number of anilines is 3. The molecule has 0 saturated heterocycles. The molecule has 0 saturated carbocycles. The first-order valence-electron chi connectivity index (χ1n) is 10.6. The highest BCUT2D eigenvalue weighted by Gasteiger charge is 2.17. The highest BCUT2D eigenvalue weighted by atomic mass is 19.1. The molecule has 0 atom stereocenters. The van der Waals surface area contributed by atoms with Crippen LogP contribution in [0, 0.1) is 18.6 Å². The SMILES string of the molecule is Cc1cccc2c(CCNc3c(F)cc(Nc4ccnc5c4CCC5)cc3F)c[nH]c12. The summed E-state index contributed by atoms with van der Waals surface area (Å²) < 4.78 is 29.4. The van der Waals surface area contributed by atoms with E-state index in [9.17, 15) is 8.78 Å². The van der Waals surface area contributed by atoms with Crippen LogP contribution in [0.1, 0.15) is 28.8 Å². The van der Waals surface area contributed by atoms with Gasteiger partial charge >= 0.3 is 0 Å². The van der Waals surface area contributed by atoms with E-state index in [1.807, 2.05) is 18.3 Å². The number of nitrogens with zero attached hydrogens (tertiary/aromatic N) is 1. The van der Waals surface area contributed by atoms with Gasteiger partial charge in [-0.3, -0.25) is 4.98 Å². The molecule has 2 heterocycles. The first kappa shape index (κ1) is 19.5. The summed E-state index contributed by atoms with van der Waals surface area (Å²) in [6.07, 6.45) is 7.30. The van der Waals surface area contributed by atoms with E-state index in [1.54, 1.807) is 6.20 Å². The Kier molecular flexibility index (Phi) is 5.06. The van der Waals surface area contributed by atoms with Crippen molar-refractivity contribution in [2.75, 3.05) is 17.2 Å². The second-order valence-corrected chi connectivity index (χ2v) is 8.07. The number of H-pyrrole nitrogens is 1.